The number of benzene rings is 1. The second-order valence-corrected chi connectivity index (χ2v) is 5.44. The highest BCUT2D eigenvalue weighted by Gasteiger charge is 2.07. The monoisotopic (exact) mass is 216 g/mol. The van der Waals surface area contributed by atoms with E-state index in [-0.39, 0.29) is 11.2 Å². The van der Waals surface area contributed by atoms with Crippen molar-refractivity contribution in [2.24, 2.45) is 5.41 Å². The summed E-state index contributed by atoms with van der Waals surface area (Å²) in [7, 11) is 0. The van der Waals surface area contributed by atoms with Crippen molar-refractivity contribution in [3.63, 3.8) is 0 Å². The zero-order chi connectivity index (χ0) is 12.3. The molecule has 0 bridgehead atoms. The molecule has 1 aromatic carbocycles. The molecular weight excluding hydrogens is 196 g/mol. The molecule has 0 aliphatic rings. The van der Waals surface area contributed by atoms with E-state index in [0.717, 1.165) is 16.7 Å². The average Bonchev–Trinajstić information content (AvgIpc) is 2.11. The van der Waals surface area contributed by atoms with E-state index in [9.17, 15) is 4.79 Å². The molecule has 0 heterocycles. The van der Waals surface area contributed by atoms with Crippen LogP contribution in [0.3, 0.4) is 0 Å². The molecule has 0 fully saturated rings. The Balaban J connectivity index is 2.93. The number of aryl methyl sites for hydroxylation is 2. The van der Waals surface area contributed by atoms with Gasteiger partial charge in [-0.3, -0.25) is 4.79 Å². The van der Waals surface area contributed by atoms with Crippen molar-refractivity contribution in [3.05, 3.63) is 47.0 Å². The molecule has 0 amide bonds. The molecule has 0 saturated heterocycles. The van der Waals surface area contributed by atoms with Gasteiger partial charge in [-0.25, -0.2) is 0 Å². The van der Waals surface area contributed by atoms with Crippen molar-refractivity contribution in [1.82, 2.24) is 0 Å². The lowest BCUT2D eigenvalue weighted by molar-refractivity contribution is 0.104. The second-order valence-electron chi connectivity index (χ2n) is 5.44. The van der Waals surface area contributed by atoms with Gasteiger partial charge in [0.25, 0.3) is 0 Å². The van der Waals surface area contributed by atoms with Gasteiger partial charge in [0.1, 0.15) is 0 Å². The van der Waals surface area contributed by atoms with E-state index in [1.165, 1.54) is 0 Å². The predicted molar refractivity (Wildman–Crippen MR) is 68.8 cm³/mol. The first-order valence-electron chi connectivity index (χ1n) is 5.60. The zero-order valence-corrected chi connectivity index (χ0v) is 10.8. The molecule has 0 N–H and O–H groups in total. The Morgan fingerprint density at radius 2 is 1.56 bits per heavy atom. The number of carbonyl (C=O) groups excluding carboxylic acids is 1. The van der Waals surface area contributed by atoms with Crippen LogP contribution < -0.4 is 0 Å². The van der Waals surface area contributed by atoms with Crippen molar-refractivity contribution in [1.29, 1.82) is 0 Å². The van der Waals surface area contributed by atoms with Gasteiger partial charge in [0.15, 0.2) is 5.78 Å². The zero-order valence-electron chi connectivity index (χ0n) is 10.8. The van der Waals surface area contributed by atoms with E-state index < -0.39 is 0 Å². The molecule has 0 aliphatic carbocycles. The smallest absolute Gasteiger partial charge is 0.185 e. The SMILES string of the molecule is Cc1cc(C)cc(C(=O)/C=C/C(C)(C)C)c1. The summed E-state index contributed by atoms with van der Waals surface area (Å²) in [5, 5.41) is 0. The Kier molecular flexibility index (Phi) is 3.69. The third-order valence-corrected chi connectivity index (χ3v) is 2.24. The highest BCUT2D eigenvalue weighted by molar-refractivity contribution is 6.04. The fourth-order valence-electron chi connectivity index (χ4n) is 1.54. The largest absolute Gasteiger partial charge is 0.289 e. The summed E-state index contributed by atoms with van der Waals surface area (Å²) in [5.74, 6) is 0.0849. The molecule has 0 saturated carbocycles. The van der Waals surface area contributed by atoms with Gasteiger partial charge in [-0.1, -0.05) is 44.0 Å². The molecule has 0 radical (unpaired) electrons. The third kappa shape index (κ3) is 4.01. The highest BCUT2D eigenvalue weighted by atomic mass is 16.1. The van der Waals surface area contributed by atoms with Crippen LogP contribution in [0.4, 0.5) is 0 Å². The van der Waals surface area contributed by atoms with E-state index in [1.54, 1.807) is 6.08 Å². The summed E-state index contributed by atoms with van der Waals surface area (Å²) in [6, 6.07) is 5.94. The van der Waals surface area contributed by atoms with Crippen LogP contribution in [0.2, 0.25) is 0 Å². The van der Waals surface area contributed by atoms with Crippen molar-refractivity contribution in [2.45, 2.75) is 34.6 Å². The molecule has 1 nitrogen and oxygen atoms in total. The average molecular weight is 216 g/mol. The van der Waals surface area contributed by atoms with Gasteiger partial charge < -0.3 is 0 Å². The second kappa shape index (κ2) is 4.65. The summed E-state index contributed by atoms with van der Waals surface area (Å²) < 4.78 is 0. The molecule has 0 unspecified atom stereocenters. The molecular formula is C15H20O. The first kappa shape index (κ1) is 12.7. The van der Waals surface area contributed by atoms with Crippen LogP contribution in [0.1, 0.15) is 42.3 Å². The van der Waals surface area contributed by atoms with E-state index >= 15 is 0 Å². The predicted octanol–water partition coefficient (Wildman–Crippen LogP) is 4.09. The lowest BCUT2D eigenvalue weighted by Gasteiger charge is -2.10. The molecule has 16 heavy (non-hydrogen) atoms. The minimum atomic E-state index is 0.0501. The molecule has 1 rings (SSSR count). The maximum Gasteiger partial charge on any atom is 0.185 e. The number of ketones is 1. The number of carbonyl (C=O) groups is 1. The van der Waals surface area contributed by atoms with Gasteiger partial charge in [0, 0.05) is 5.56 Å². The topological polar surface area (TPSA) is 17.1 Å². The molecule has 86 valence electrons. The number of hydrogen-bond donors (Lipinski definition) is 0. The quantitative estimate of drug-likeness (QED) is 0.537. The molecule has 0 atom stereocenters. The highest BCUT2D eigenvalue weighted by Crippen LogP contribution is 2.16. The summed E-state index contributed by atoms with van der Waals surface area (Å²) in [6.45, 7) is 10.3. The van der Waals surface area contributed by atoms with E-state index in [0.29, 0.717) is 0 Å². The van der Waals surface area contributed by atoms with Crippen LogP contribution in [-0.4, -0.2) is 5.78 Å². The minimum Gasteiger partial charge on any atom is -0.289 e. The van der Waals surface area contributed by atoms with Gasteiger partial charge in [-0.05, 0) is 37.5 Å². The van der Waals surface area contributed by atoms with Gasteiger partial charge in [-0.15, -0.1) is 0 Å². The van der Waals surface area contributed by atoms with Gasteiger partial charge in [0.2, 0.25) is 0 Å². The van der Waals surface area contributed by atoms with E-state index in [1.807, 2.05) is 32.1 Å². The normalized spacial score (nSPS) is 12.1. The van der Waals surface area contributed by atoms with Crippen molar-refractivity contribution >= 4 is 5.78 Å². The van der Waals surface area contributed by atoms with Crippen LogP contribution in [0.5, 0.6) is 0 Å². The van der Waals surface area contributed by atoms with Crippen molar-refractivity contribution in [2.75, 3.05) is 0 Å². The summed E-state index contributed by atoms with van der Waals surface area (Å²) in [4.78, 5) is 11.9. The Labute approximate surface area is 98.2 Å². The first-order chi connectivity index (χ1) is 7.28. The lowest BCUT2D eigenvalue weighted by Crippen LogP contribution is -2.02. The Morgan fingerprint density at radius 3 is 2.00 bits per heavy atom. The molecule has 0 aromatic heterocycles. The minimum absolute atomic E-state index is 0.0501. The van der Waals surface area contributed by atoms with E-state index in [2.05, 4.69) is 26.8 Å². The summed E-state index contributed by atoms with van der Waals surface area (Å²) in [5.41, 5.74) is 3.09. The van der Waals surface area contributed by atoms with Gasteiger partial charge in [-0.2, -0.15) is 0 Å². The Bertz CT molecular complexity index is 399. The van der Waals surface area contributed by atoms with Gasteiger partial charge >= 0.3 is 0 Å². The van der Waals surface area contributed by atoms with Crippen LogP contribution in [0.25, 0.3) is 0 Å². The number of hydrogen-bond acceptors (Lipinski definition) is 1. The van der Waals surface area contributed by atoms with Crippen molar-refractivity contribution < 1.29 is 4.79 Å². The van der Waals surface area contributed by atoms with Crippen LogP contribution in [-0.2, 0) is 0 Å². The summed E-state index contributed by atoms with van der Waals surface area (Å²) >= 11 is 0. The molecule has 1 heteroatoms. The maximum atomic E-state index is 11.9. The summed E-state index contributed by atoms with van der Waals surface area (Å²) in [6.07, 6.45) is 3.63. The number of rotatable bonds is 2. The fraction of sp³-hybridized carbons (Fsp3) is 0.400. The van der Waals surface area contributed by atoms with Crippen LogP contribution >= 0.6 is 0 Å². The molecule has 0 spiro atoms. The van der Waals surface area contributed by atoms with E-state index in [4.69, 9.17) is 0 Å². The lowest BCUT2D eigenvalue weighted by atomic mass is 9.95. The van der Waals surface area contributed by atoms with Crippen LogP contribution in [0, 0.1) is 19.3 Å². The number of allylic oxidation sites excluding steroid dienone is 2. The third-order valence-electron chi connectivity index (χ3n) is 2.24. The Hall–Kier alpha value is -1.37. The standard InChI is InChI=1S/C15H20O/c1-11-8-12(2)10-13(9-11)14(16)6-7-15(3,4)5/h6-10H,1-5H3/b7-6+. The Morgan fingerprint density at radius 1 is 1.06 bits per heavy atom. The van der Waals surface area contributed by atoms with Gasteiger partial charge in [0.05, 0.1) is 0 Å². The molecule has 0 aliphatic heterocycles. The first-order valence-corrected chi connectivity index (χ1v) is 5.60. The van der Waals surface area contributed by atoms with Crippen LogP contribution in [0.15, 0.2) is 30.4 Å². The maximum absolute atomic E-state index is 11.9. The molecule has 1 aromatic rings. The van der Waals surface area contributed by atoms with Crippen molar-refractivity contribution in [3.8, 4) is 0 Å². The fourth-order valence-corrected chi connectivity index (χ4v) is 1.54.